The molecular weight excluding hydrogens is 356 g/mol. The summed E-state index contributed by atoms with van der Waals surface area (Å²) in [7, 11) is 1.66. The summed E-state index contributed by atoms with van der Waals surface area (Å²) in [4.78, 5) is 33.2. The smallest absolute Gasteiger partial charge is 0.255 e. The SMILES string of the molecule is COc1ccccc1N1CCN(C(=O)c2cncc(C(=O)NC3CC3)c2)CC1. The van der Waals surface area contributed by atoms with Crippen molar-refractivity contribution in [2.24, 2.45) is 0 Å². The Morgan fingerprint density at radius 2 is 1.79 bits per heavy atom. The lowest BCUT2D eigenvalue weighted by atomic mass is 10.1. The molecule has 28 heavy (non-hydrogen) atoms. The Morgan fingerprint density at radius 1 is 1.07 bits per heavy atom. The molecule has 1 N–H and O–H groups in total. The van der Waals surface area contributed by atoms with Crippen molar-refractivity contribution in [3.8, 4) is 5.75 Å². The zero-order valence-corrected chi connectivity index (χ0v) is 15.9. The van der Waals surface area contributed by atoms with Crippen molar-refractivity contribution in [1.29, 1.82) is 0 Å². The third kappa shape index (κ3) is 3.93. The van der Waals surface area contributed by atoms with Crippen molar-refractivity contribution >= 4 is 17.5 Å². The van der Waals surface area contributed by atoms with Gasteiger partial charge in [-0.05, 0) is 31.0 Å². The van der Waals surface area contributed by atoms with Gasteiger partial charge in [-0.2, -0.15) is 0 Å². The molecule has 2 heterocycles. The van der Waals surface area contributed by atoms with E-state index in [0.29, 0.717) is 24.2 Å². The number of ether oxygens (including phenoxy) is 1. The lowest BCUT2D eigenvalue weighted by Gasteiger charge is -2.36. The second kappa shape index (κ2) is 7.88. The van der Waals surface area contributed by atoms with E-state index in [1.165, 1.54) is 12.4 Å². The summed E-state index contributed by atoms with van der Waals surface area (Å²) in [6.45, 7) is 2.66. The molecule has 1 aromatic heterocycles. The highest BCUT2D eigenvalue weighted by molar-refractivity contribution is 5.99. The Morgan fingerprint density at radius 3 is 2.50 bits per heavy atom. The lowest BCUT2D eigenvalue weighted by molar-refractivity contribution is 0.0746. The molecule has 2 aromatic rings. The molecule has 7 nitrogen and oxygen atoms in total. The van der Waals surface area contributed by atoms with Crippen LogP contribution in [0.3, 0.4) is 0 Å². The summed E-state index contributed by atoms with van der Waals surface area (Å²) >= 11 is 0. The number of para-hydroxylation sites is 2. The van der Waals surface area contributed by atoms with Crippen molar-refractivity contribution in [3.63, 3.8) is 0 Å². The molecular formula is C21H24N4O3. The van der Waals surface area contributed by atoms with E-state index in [9.17, 15) is 9.59 Å². The van der Waals surface area contributed by atoms with Crippen LogP contribution in [0, 0.1) is 0 Å². The molecule has 0 spiro atoms. The van der Waals surface area contributed by atoms with E-state index in [4.69, 9.17) is 4.74 Å². The van der Waals surface area contributed by atoms with E-state index in [-0.39, 0.29) is 17.9 Å². The van der Waals surface area contributed by atoms with Gasteiger partial charge in [-0.25, -0.2) is 0 Å². The van der Waals surface area contributed by atoms with Crippen molar-refractivity contribution in [2.45, 2.75) is 18.9 Å². The van der Waals surface area contributed by atoms with Crippen LogP contribution in [0.5, 0.6) is 5.75 Å². The van der Waals surface area contributed by atoms with Crippen molar-refractivity contribution in [2.75, 3.05) is 38.2 Å². The number of hydrogen-bond acceptors (Lipinski definition) is 5. The van der Waals surface area contributed by atoms with Crippen LogP contribution in [-0.2, 0) is 0 Å². The van der Waals surface area contributed by atoms with E-state index >= 15 is 0 Å². The Balaban J connectivity index is 1.40. The molecule has 1 aliphatic heterocycles. The Labute approximate surface area is 164 Å². The summed E-state index contributed by atoms with van der Waals surface area (Å²) in [5.74, 6) is 0.583. The number of aromatic nitrogens is 1. The number of amides is 2. The van der Waals surface area contributed by atoms with Gasteiger partial charge in [0.15, 0.2) is 0 Å². The molecule has 0 unspecified atom stereocenters. The standard InChI is InChI=1S/C21H24N4O3/c1-28-19-5-3-2-4-18(19)24-8-10-25(11-9-24)21(27)16-12-15(13-22-14-16)20(26)23-17-6-7-17/h2-5,12-14,17H,6-11H2,1H3,(H,23,26). The Bertz CT molecular complexity index is 873. The number of nitrogens with one attached hydrogen (secondary N) is 1. The number of methoxy groups -OCH3 is 1. The first kappa shape index (κ1) is 18.3. The van der Waals surface area contributed by atoms with Gasteiger partial charge in [0.2, 0.25) is 0 Å². The second-order valence-corrected chi connectivity index (χ2v) is 7.16. The maximum Gasteiger partial charge on any atom is 0.255 e. The predicted molar refractivity (Wildman–Crippen MR) is 106 cm³/mol. The van der Waals surface area contributed by atoms with Crippen LogP contribution >= 0.6 is 0 Å². The number of piperazine rings is 1. The topological polar surface area (TPSA) is 74.8 Å². The van der Waals surface area contributed by atoms with Gasteiger partial charge in [0, 0.05) is 44.6 Å². The van der Waals surface area contributed by atoms with Crippen LogP contribution in [0.4, 0.5) is 5.69 Å². The summed E-state index contributed by atoms with van der Waals surface area (Å²) < 4.78 is 5.44. The highest BCUT2D eigenvalue weighted by atomic mass is 16.5. The highest BCUT2D eigenvalue weighted by Crippen LogP contribution is 2.28. The number of benzene rings is 1. The van der Waals surface area contributed by atoms with Gasteiger partial charge in [-0.3, -0.25) is 14.6 Å². The quantitative estimate of drug-likeness (QED) is 0.858. The number of anilines is 1. The zero-order chi connectivity index (χ0) is 19.5. The van der Waals surface area contributed by atoms with Gasteiger partial charge >= 0.3 is 0 Å². The van der Waals surface area contributed by atoms with Gasteiger partial charge in [0.05, 0.1) is 23.9 Å². The molecule has 2 aliphatic rings. The number of nitrogens with zero attached hydrogens (tertiary/aromatic N) is 3. The van der Waals surface area contributed by atoms with Crippen LogP contribution in [-0.4, -0.2) is 61.0 Å². The molecule has 4 rings (SSSR count). The number of pyridine rings is 1. The van der Waals surface area contributed by atoms with Crippen molar-refractivity contribution in [3.05, 3.63) is 53.9 Å². The molecule has 1 saturated heterocycles. The minimum Gasteiger partial charge on any atom is -0.495 e. The molecule has 2 fully saturated rings. The maximum atomic E-state index is 12.9. The van der Waals surface area contributed by atoms with Gasteiger partial charge in [0.1, 0.15) is 5.75 Å². The molecule has 0 atom stereocenters. The Hall–Kier alpha value is -3.09. The first-order valence-corrected chi connectivity index (χ1v) is 9.59. The van der Waals surface area contributed by atoms with Crippen LogP contribution in [0.2, 0.25) is 0 Å². The number of hydrogen-bond donors (Lipinski definition) is 1. The summed E-state index contributed by atoms with van der Waals surface area (Å²) in [5, 5.41) is 2.93. The fourth-order valence-corrected chi connectivity index (χ4v) is 3.40. The third-order valence-corrected chi connectivity index (χ3v) is 5.15. The first-order valence-electron chi connectivity index (χ1n) is 9.59. The Kier molecular flexibility index (Phi) is 5.14. The third-order valence-electron chi connectivity index (χ3n) is 5.15. The van der Waals surface area contributed by atoms with E-state index in [0.717, 1.165) is 37.4 Å². The fraction of sp³-hybridized carbons (Fsp3) is 0.381. The molecule has 1 aliphatic carbocycles. The minimum atomic E-state index is -0.161. The average molecular weight is 380 g/mol. The van der Waals surface area contributed by atoms with E-state index in [1.807, 2.05) is 29.2 Å². The summed E-state index contributed by atoms with van der Waals surface area (Å²) in [5.41, 5.74) is 1.93. The molecule has 1 aromatic carbocycles. The minimum absolute atomic E-state index is 0.0896. The predicted octanol–water partition coefficient (Wildman–Crippen LogP) is 1.94. The molecule has 2 amide bonds. The molecule has 0 radical (unpaired) electrons. The van der Waals surface area contributed by atoms with E-state index in [2.05, 4.69) is 15.2 Å². The van der Waals surface area contributed by atoms with Gasteiger partial charge < -0.3 is 19.9 Å². The van der Waals surface area contributed by atoms with E-state index < -0.39 is 0 Å². The average Bonchev–Trinajstić information content (AvgIpc) is 3.57. The van der Waals surface area contributed by atoms with E-state index in [1.54, 1.807) is 13.2 Å². The number of carbonyl (C=O) groups excluding carboxylic acids is 2. The lowest BCUT2D eigenvalue weighted by Crippen LogP contribution is -2.49. The zero-order valence-electron chi connectivity index (χ0n) is 15.9. The van der Waals surface area contributed by atoms with Crippen LogP contribution in [0.15, 0.2) is 42.7 Å². The molecule has 0 bridgehead atoms. The highest BCUT2D eigenvalue weighted by Gasteiger charge is 2.26. The molecule has 1 saturated carbocycles. The van der Waals surface area contributed by atoms with Gasteiger partial charge in [0.25, 0.3) is 11.8 Å². The normalized spacial score (nSPS) is 16.6. The van der Waals surface area contributed by atoms with Crippen LogP contribution in [0.25, 0.3) is 0 Å². The largest absolute Gasteiger partial charge is 0.495 e. The molecule has 7 heteroatoms. The van der Waals surface area contributed by atoms with Gasteiger partial charge in [-0.15, -0.1) is 0 Å². The fourth-order valence-electron chi connectivity index (χ4n) is 3.40. The number of rotatable bonds is 5. The summed E-state index contributed by atoms with van der Waals surface area (Å²) in [6.07, 6.45) is 5.08. The second-order valence-electron chi connectivity index (χ2n) is 7.16. The number of carbonyl (C=O) groups is 2. The van der Waals surface area contributed by atoms with Crippen molar-refractivity contribution < 1.29 is 14.3 Å². The molecule has 146 valence electrons. The maximum absolute atomic E-state index is 12.9. The monoisotopic (exact) mass is 380 g/mol. The van der Waals surface area contributed by atoms with Gasteiger partial charge in [-0.1, -0.05) is 12.1 Å². The van der Waals surface area contributed by atoms with Crippen LogP contribution in [0.1, 0.15) is 33.6 Å². The van der Waals surface area contributed by atoms with Crippen molar-refractivity contribution in [1.82, 2.24) is 15.2 Å². The summed E-state index contributed by atoms with van der Waals surface area (Å²) in [6, 6.07) is 9.81. The van der Waals surface area contributed by atoms with Crippen LogP contribution < -0.4 is 15.0 Å². The first-order chi connectivity index (χ1) is 13.7.